The van der Waals surface area contributed by atoms with Gasteiger partial charge in [-0.25, -0.2) is 10.0 Å². The molecule has 33 heavy (non-hydrogen) atoms. The molecule has 3 rings (SSSR count). The SMILES string of the molecule is CC(C)N1C(=O)CCC(NC(=O)c2nccc3ccccc23)C(=O)N1CC(=O)OC(C)(C)C. The van der Waals surface area contributed by atoms with Crippen molar-refractivity contribution in [2.45, 2.75) is 65.1 Å². The van der Waals surface area contributed by atoms with Crippen LogP contribution < -0.4 is 5.32 Å². The molecular formula is C24H30N4O5. The van der Waals surface area contributed by atoms with Crippen molar-refractivity contribution in [2.24, 2.45) is 0 Å². The van der Waals surface area contributed by atoms with Gasteiger partial charge in [-0.15, -0.1) is 0 Å². The van der Waals surface area contributed by atoms with Crippen LogP contribution in [0.4, 0.5) is 0 Å². The fourth-order valence-electron chi connectivity index (χ4n) is 3.80. The number of carbonyl (C=O) groups excluding carboxylic acids is 4. The van der Waals surface area contributed by atoms with Crippen LogP contribution in [0, 0.1) is 0 Å². The van der Waals surface area contributed by atoms with Crippen LogP contribution in [0.25, 0.3) is 10.8 Å². The fraction of sp³-hybridized carbons (Fsp3) is 0.458. The minimum absolute atomic E-state index is 0.0443. The first-order valence-corrected chi connectivity index (χ1v) is 11.0. The van der Waals surface area contributed by atoms with Crippen LogP contribution in [-0.2, 0) is 19.1 Å². The van der Waals surface area contributed by atoms with Crippen LogP contribution in [0.5, 0.6) is 0 Å². The van der Waals surface area contributed by atoms with Gasteiger partial charge in [0.25, 0.3) is 11.8 Å². The van der Waals surface area contributed by atoms with E-state index in [2.05, 4.69) is 10.3 Å². The van der Waals surface area contributed by atoms with Crippen molar-refractivity contribution in [1.29, 1.82) is 0 Å². The second-order valence-electron chi connectivity index (χ2n) is 9.26. The van der Waals surface area contributed by atoms with E-state index in [1.807, 2.05) is 12.1 Å². The summed E-state index contributed by atoms with van der Waals surface area (Å²) in [4.78, 5) is 56.0. The molecule has 9 nitrogen and oxygen atoms in total. The van der Waals surface area contributed by atoms with Crippen molar-refractivity contribution < 1.29 is 23.9 Å². The second kappa shape index (κ2) is 9.56. The zero-order chi connectivity index (χ0) is 24.3. The van der Waals surface area contributed by atoms with Crippen molar-refractivity contribution in [3.8, 4) is 0 Å². The Kier molecular flexibility index (Phi) is 7.00. The zero-order valence-corrected chi connectivity index (χ0v) is 19.6. The molecule has 0 spiro atoms. The molecule has 2 aromatic rings. The molecule has 0 aliphatic carbocycles. The van der Waals surface area contributed by atoms with Gasteiger partial charge in [0.1, 0.15) is 23.9 Å². The minimum Gasteiger partial charge on any atom is -0.459 e. The summed E-state index contributed by atoms with van der Waals surface area (Å²) in [5, 5.41) is 6.59. The number of hydrazine groups is 1. The summed E-state index contributed by atoms with van der Waals surface area (Å²) >= 11 is 0. The number of pyridine rings is 1. The van der Waals surface area contributed by atoms with Gasteiger partial charge in [-0.3, -0.25) is 24.2 Å². The van der Waals surface area contributed by atoms with Crippen LogP contribution >= 0.6 is 0 Å². The number of aromatic nitrogens is 1. The third-order valence-corrected chi connectivity index (χ3v) is 5.10. The molecular weight excluding hydrogens is 424 g/mol. The highest BCUT2D eigenvalue weighted by molar-refractivity contribution is 6.06. The highest BCUT2D eigenvalue weighted by atomic mass is 16.6. The van der Waals surface area contributed by atoms with Crippen LogP contribution in [-0.4, -0.2) is 62.9 Å². The summed E-state index contributed by atoms with van der Waals surface area (Å²) in [5.41, 5.74) is -0.553. The average Bonchev–Trinajstić information content (AvgIpc) is 2.83. The van der Waals surface area contributed by atoms with E-state index in [1.54, 1.807) is 52.8 Å². The third kappa shape index (κ3) is 5.66. The smallest absolute Gasteiger partial charge is 0.328 e. The summed E-state index contributed by atoms with van der Waals surface area (Å²) in [5.74, 6) is -2.01. The molecule has 1 aliphatic heterocycles. The molecule has 0 radical (unpaired) electrons. The summed E-state index contributed by atoms with van der Waals surface area (Å²) in [6.45, 7) is 8.25. The molecule has 9 heteroatoms. The van der Waals surface area contributed by atoms with E-state index in [0.717, 1.165) is 10.4 Å². The number of benzene rings is 1. The quantitative estimate of drug-likeness (QED) is 0.695. The Hall–Kier alpha value is -3.49. The Labute approximate surface area is 193 Å². The summed E-state index contributed by atoms with van der Waals surface area (Å²) in [6.07, 6.45) is 1.69. The number of ether oxygens (including phenoxy) is 1. The fourth-order valence-corrected chi connectivity index (χ4v) is 3.80. The maximum Gasteiger partial charge on any atom is 0.328 e. The van der Waals surface area contributed by atoms with Crippen LogP contribution in [0.2, 0.25) is 0 Å². The maximum absolute atomic E-state index is 13.4. The predicted molar refractivity (Wildman–Crippen MR) is 122 cm³/mol. The van der Waals surface area contributed by atoms with E-state index >= 15 is 0 Å². The number of hydrogen-bond acceptors (Lipinski definition) is 6. The average molecular weight is 455 g/mol. The highest BCUT2D eigenvalue weighted by Gasteiger charge is 2.39. The Balaban J connectivity index is 1.87. The monoisotopic (exact) mass is 454 g/mol. The molecule has 2 heterocycles. The van der Waals surface area contributed by atoms with Gasteiger partial charge in [-0.1, -0.05) is 24.3 Å². The largest absolute Gasteiger partial charge is 0.459 e. The molecule has 1 unspecified atom stereocenters. The predicted octanol–water partition coefficient (Wildman–Crippen LogP) is 2.45. The maximum atomic E-state index is 13.4. The first-order chi connectivity index (χ1) is 15.5. The van der Waals surface area contributed by atoms with Crippen LogP contribution in [0.1, 0.15) is 57.9 Å². The van der Waals surface area contributed by atoms with Crippen molar-refractivity contribution in [1.82, 2.24) is 20.3 Å². The Morgan fingerprint density at radius 3 is 2.55 bits per heavy atom. The molecule has 1 aromatic heterocycles. The molecule has 0 bridgehead atoms. The number of nitrogens with one attached hydrogen (secondary N) is 1. The topological polar surface area (TPSA) is 109 Å². The molecule has 176 valence electrons. The van der Waals surface area contributed by atoms with Crippen LogP contribution in [0.3, 0.4) is 0 Å². The van der Waals surface area contributed by atoms with Gasteiger partial charge in [0.05, 0.1) is 0 Å². The number of esters is 1. The van der Waals surface area contributed by atoms with E-state index in [1.165, 1.54) is 11.2 Å². The van der Waals surface area contributed by atoms with Crippen molar-refractivity contribution in [3.63, 3.8) is 0 Å². The van der Waals surface area contributed by atoms with E-state index in [-0.39, 0.29) is 30.5 Å². The zero-order valence-electron chi connectivity index (χ0n) is 19.6. The van der Waals surface area contributed by atoms with Crippen molar-refractivity contribution in [2.75, 3.05) is 6.54 Å². The van der Waals surface area contributed by atoms with Gasteiger partial charge in [0.15, 0.2) is 0 Å². The van der Waals surface area contributed by atoms with E-state index in [9.17, 15) is 19.2 Å². The molecule has 1 aromatic carbocycles. The van der Waals surface area contributed by atoms with Gasteiger partial charge in [-0.05, 0) is 52.5 Å². The van der Waals surface area contributed by atoms with E-state index in [0.29, 0.717) is 5.39 Å². The lowest BCUT2D eigenvalue weighted by Gasteiger charge is -2.37. The molecule has 1 fully saturated rings. The van der Waals surface area contributed by atoms with Gasteiger partial charge >= 0.3 is 5.97 Å². The summed E-state index contributed by atoms with van der Waals surface area (Å²) in [6, 6.07) is 7.76. The van der Waals surface area contributed by atoms with Gasteiger partial charge in [-0.2, -0.15) is 0 Å². The number of hydrogen-bond donors (Lipinski definition) is 1. The third-order valence-electron chi connectivity index (χ3n) is 5.10. The Bertz CT molecular complexity index is 1070. The Morgan fingerprint density at radius 2 is 1.88 bits per heavy atom. The molecule has 1 saturated heterocycles. The molecule has 1 N–H and O–H groups in total. The normalized spacial score (nSPS) is 17.3. The lowest BCUT2D eigenvalue weighted by Crippen LogP contribution is -2.57. The minimum atomic E-state index is -0.992. The first-order valence-electron chi connectivity index (χ1n) is 11.0. The number of nitrogens with zero attached hydrogens (tertiary/aromatic N) is 3. The molecule has 1 aliphatic rings. The summed E-state index contributed by atoms with van der Waals surface area (Å²) in [7, 11) is 0. The molecule has 3 amide bonds. The lowest BCUT2D eigenvalue weighted by molar-refractivity contribution is -0.176. The number of fused-ring (bicyclic) bond motifs is 1. The van der Waals surface area contributed by atoms with E-state index < -0.39 is 36.0 Å². The van der Waals surface area contributed by atoms with Gasteiger partial charge in [0.2, 0.25) is 5.91 Å². The Morgan fingerprint density at radius 1 is 1.18 bits per heavy atom. The van der Waals surface area contributed by atoms with Crippen LogP contribution in [0.15, 0.2) is 36.5 Å². The number of rotatable bonds is 5. The second-order valence-corrected chi connectivity index (χ2v) is 9.26. The highest BCUT2D eigenvalue weighted by Crippen LogP contribution is 2.20. The summed E-state index contributed by atoms with van der Waals surface area (Å²) < 4.78 is 5.36. The number of amides is 3. The van der Waals surface area contributed by atoms with Gasteiger partial charge < -0.3 is 10.1 Å². The number of carbonyl (C=O) groups is 4. The molecule has 0 saturated carbocycles. The first kappa shape index (κ1) is 24.2. The molecule has 1 atom stereocenters. The van der Waals surface area contributed by atoms with Gasteiger partial charge in [0, 0.05) is 24.0 Å². The lowest BCUT2D eigenvalue weighted by atomic mass is 10.1. The standard InChI is InChI=1S/C24H30N4O5/c1-15(2)28-19(29)11-10-18(23(32)27(28)14-20(30)33-24(3,4)5)26-22(31)21-17-9-7-6-8-16(17)12-13-25-21/h6-9,12-13,15,18H,10-11,14H2,1-5H3,(H,26,31). The van der Waals surface area contributed by atoms with E-state index in [4.69, 9.17) is 4.74 Å². The van der Waals surface area contributed by atoms with Crippen molar-refractivity contribution in [3.05, 3.63) is 42.2 Å². The van der Waals surface area contributed by atoms with Crippen molar-refractivity contribution >= 4 is 34.5 Å².